The number of hydrogen-bond donors (Lipinski definition) is 2. The molecule has 0 saturated heterocycles. The summed E-state index contributed by atoms with van der Waals surface area (Å²) < 4.78 is 0. The van der Waals surface area contributed by atoms with E-state index in [1.807, 2.05) is 0 Å². The van der Waals surface area contributed by atoms with E-state index in [4.69, 9.17) is 0 Å². The van der Waals surface area contributed by atoms with Gasteiger partial charge < -0.3 is 10.2 Å². The molecular weight excluding hydrogens is 272 g/mol. The monoisotopic (exact) mass is 306 g/mol. The molecule has 0 amide bonds. The van der Waals surface area contributed by atoms with Crippen LogP contribution in [-0.4, -0.2) is 21.9 Å². The number of aliphatic hydroxyl groups is 2. The fourth-order valence-electron chi connectivity index (χ4n) is 8.04. The van der Waals surface area contributed by atoms with E-state index in [0.717, 1.165) is 31.1 Å². The Balaban J connectivity index is 1.78. The third-order valence-electron chi connectivity index (χ3n) is 8.99. The molecule has 0 aromatic carbocycles. The van der Waals surface area contributed by atoms with Gasteiger partial charge in [-0.25, -0.2) is 0 Å². The topological polar surface area (TPSA) is 40.5 Å². The van der Waals surface area contributed by atoms with Crippen LogP contribution in [0.4, 0.5) is 0 Å². The van der Waals surface area contributed by atoms with Crippen LogP contribution in [0, 0.1) is 34.0 Å². The van der Waals surface area contributed by atoms with E-state index < -0.39 is 5.60 Å². The van der Waals surface area contributed by atoms with Gasteiger partial charge in [0, 0.05) is 0 Å². The Kier molecular flexibility index (Phi) is 3.02. The van der Waals surface area contributed by atoms with Crippen LogP contribution >= 0.6 is 0 Å². The second kappa shape index (κ2) is 4.30. The molecule has 0 heterocycles. The first-order valence-electron chi connectivity index (χ1n) is 9.51. The summed E-state index contributed by atoms with van der Waals surface area (Å²) in [5.41, 5.74) is 0.464. The molecule has 0 unspecified atom stereocenters. The summed E-state index contributed by atoms with van der Waals surface area (Å²) in [4.78, 5) is 0. The SMILES string of the molecule is CC1(C)C[C@@H](O)C[C@@]2(C)[C@H]1CC[C@H]1C[C@H]3C[C@]12CC[C@]3(C)O. The predicted molar refractivity (Wildman–Crippen MR) is 88.4 cm³/mol. The largest absolute Gasteiger partial charge is 0.393 e. The minimum absolute atomic E-state index is 0.133. The third-order valence-corrected chi connectivity index (χ3v) is 8.99. The lowest BCUT2D eigenvalue weighted by Crippen LogP contribution is -2.60. The molecule has 4 saturated carbocycles. The van der Waals surface area contributed by atoms with Crippen LogP contribution in [-0.2, 0) is 0 Å². The quantitative estimate of drug-likeness (QED) is 0.706. The number of fused-ring (bicyclic) bond motifs is 2. The maximum atomic E-state index is 10.8. The smallest absolute Gasteiger partial charge is 0.0648 e. The van der Waals surface area contributed by atoms with Crippen LogP contribution in [0.25, 0.3) is 0 Å². The van der Waals surface area contributed by atoms with E-state index in [-0.39, 0.29) is 16.9 Å². The molecule has 7 atom stereocenters. The summed E-state index contributed by atoms with van der Waals surface area (Å²) in [5.74, 6) is 2.01. The highest BCUT2D eigenvalue weighted by molar-refractivity contribution is 5.18. The zero-order valence-corrected chi connectivity index (χ0v) is 14.9. The van der Waals surface area contributed by atoms with Crippen molar-refractivity contribution in [1.82, 2.24) is 0 Å². The maximum absolute atomic E-state index is 10.8. The van der Waals surface area contributed by atoms with Crippen LogP contribution < -0.4 is 0 Å². The first-order valence-corrected chi connectivity index (χ1v) is 9.51. The molecule has 2 heteroatoms. The van der Waals surface area contributed by atoms with Crippen molar-refractivity contribution in [2.75, 3.05) is 0 Å². The molecule has 0 aliphatic heterocycles. The van der Waals surface area contributed by atoms with Crippen LogP contribution in [0.1, 0.15) is 79.1 Å². The molecule has 4 fully saturated rings. The molecule has 2 bridgehead atoms. The van der Waals surface area contributed by atoms with E-state index in [0.29, 0.717) is 11.3 Å². The minimum Gasteiger partial charge on any atom is -0.393 e. The molecule has 4 aliphatic carbocycles. The van der Waals surface area contributed by atoms with Crippen molar-refractivity contribution >= 4 is 0 Å². The molecule has 0 aromatic rings. The Morgan fingerprint density at radius 2 is 1.59 bits per heavy atom. The number of rotatable bonds is 0. The fraction of sp³-hybridized carbons (Fsp3) is 1.00. The molecule has 4 aliphatic rings. The van der Waals surface area contributed by atoms with Crippen LogP contribution in [0.5, 0.6) is 0 Å². The molecule has 0 radical (unpaired) electrons. The summed E-state index contributed by atoms with van der Waals surface area (Å²) in [6.07, 6.45) is 9.09. The molecule has 126 valence electrons. The fourth-order valence-corrected chi connectivity index (χ4v) is 8.04. The highest BCUT2D eigenvalue weighted by Crippen LogP contribution is 2.75. The summed E-state index contributed by atoms with van der Waals surface area (Å²) in [7, 11) is 0. The van der Waals surface area contributed by atoms with Crippen LogP contribution in [0.3, 0.4) is 0 Å². The Hall–Kier alpha value is -0.0800. The van der Waals surface area contributed by atoms with Gasteiger partial charge in [-0.1, -0.05) is 20.8 Å². The lowest BCUT2D eigenvalue weighted by Gasteiger charge is -2.66. The van der Waals surface area contributed by atoms with E-state index in [9.17, 15) is 10.2 Å². The van der Waals surface area contributed by atoms with Gasteiger partial charge in [0.2, 0.25) is 0 Å². The zero-order valence-electron chi connectivity index (χ0n) is 14.9. The highest BCUT2D eigenvalue weighted by Gasteiger charge is 2.69. The summed E-state index contributed by atoms with van der Waals surface area (Å²) in [6, 6.07) is 0. The Labute approximate surface area is 135 Å². The second-order valence-electron chi connectivity index (χ2n) is 10.4. The van der Waals surface area contributed by atoms with Gasteiger partial charge in [-0.3, -0.25) is 0 Å². The summed E-state index contributed by atoms with van der Waals surface area (Å²) in [5, 5.41) is 21.4. The van der Waals surface area contributed by atoms with Crippen LogP contribution in [0.2, 0.25) is 0 Å². The standard InChI is InChI=1S/C20H34O2/c1-17(2)11-15(21)12-18(3)16(17)6-5-13-9-14-10-20(13,18)8-7-19(14,4)22/h13-16,21-22H,5-12H2,1-4H3/t13-,14-,15+,16-,18-,19-,20+/m0/s1. The highest BCUT2D eigenvalue weighted by atomic mass is 16.3. The van der Waals surface area contributed by atoms with Crippen molar-refractivity contribution in [3.63, 3.8) is 0 Å². The zero-order chi connectivity index (χ0) is 16.0. The van der Waals surface area contributed by atoms with Gasteiger partial charge >= 0.3 is 0 Å². The van der Waals surface area contributed by atoms with E-state index in [1.54, 1.807) is 0 Å². The lowest BCUT2D eigenvalue weighted by molar-refractivity contribution is -0.193. The average molecular weight is 306 g/mol. The molecule has 0 aromatic heterocycles. The lowest BCUT2D eigenvalue weighted by atomic mass is 9.39. The Morgan fingerprint density at radius 3 is 2.32 bits per heavy atom. The van der Waals surface area contributed by atoms with Gasteiger partial charge in [-0.05, 0) is 92.3 Å². The molecule has 2 nitrogen and oxygen atoms in total. The average Bonchev–Trinajstić information content (AvgIpc) is 2.71. The summed E-state index contributed by atoms with van der Waals surface area (Å²) in [6.45, 7) is 9.36. The summed E-state index contributed by atoms with van der Waals surface area (Å²) >= 11 is 0. The molecule has 2 N–H and O–H groups in total. The normalized spacial score (nSPS) is 59.7. The minimum atomic E-state index is -0.447. The van der Waals surface area contributed by atoms with Gasteiger partial charge in [0.05, 0.1) is 11.7 Å². The van der Waals surface area contributed by atoms with E-state index >= 15 is 0 Å². The first kappa shape index (κ1) is 15.4. The molecular formula is C20H34O2. The maximum Gasteiger partial charge on any atom is 0.0648 e. The van der Waals surface area contributed by atoms with Gasteiger partial charge in [0.15, 0.2) is 0 Å². The van der Waals surface area contributed by atoms with Gasteiger partial charge in [0.1, 0.15) is 0 Å². The van der Waals surface area contributed by atoms with E-state index in [1.165, 1.54) is 32.1 Å². The van der Waals surface area contributed by atoms with Gasteiger partial charge in [-0.2, -0.15) is 0 Å². The van der Waals surface area contributed by atoms with Crippen molar-refractivity contribution in [3.05, 3.63) is 0 Å². The van der Waals surface area contributed by atoms with Gasteiger partial charge in [-0.15, -0.1) is 0 Å². The molecule has 1 spiro atoms. The number of hydrogen-bond acceptors (Lipinski definition) is 2. The molecule has 22 heavy (non-hydrogen) atoms. The third kappa shape index (κ3) is 1.75. The van der Waals surface area contributed by atoms with E-state index in [2.05, 4.69) is 27.7 Å². The number of aliphatic hydroxyl groups excluding tert-OH is 1. The molecule has 4 rings (SSSR count). The second-order valence-corrected chi connectivity index (χ2v) is 10.4. The van der Waals surface area contributed by atoms with Crippen molar-refractivity contribution in [3.8, 4) is 0 Å². The first-order chi connectivity index (χ1) is 10.1. The Morgan fingerprint density at radius 1 is 0.864 bits per heavy atom. The van der Waals surface area contributed by atoms with Crippen molar-refractivity contribution in [2.45, 2.75) is 90.8 Å². The van der Waals surface area contributed by atoms with Gasteiger partial charge in [0.25, 0.3) is 0 Å². The Bertz CT molecular complexity index is 482. The van der Waals surface area contributed by atoms with Crippen LogP contribution in [0.15, 0.2) is 0 Å². The van der Waals surface area contributed by atoms with Crippen molar-refractivity contribution in [2.24, 2.45) is 34.0 Å². The van der Waals surface area contributed by atoms with Crippen molar-refractivity contribution in [1.29, 1.82) is 0 Å². The van der Waals surface area contributed by atoms with Crippen molar-refractivity contribution < 1.29 is 10.2 Å². The predicted octanol–water partition coefficient (Wildman–Crippen LogP) is 4.14.